The number of fused-ring (bicyclic) bond motifs is 2. The van der Waals surface area contributed by atoms with Gasteiger partial charge in [0.15, 0.2) is 0 Å². The molecule has 114 valence electrons. The fourth-order valence-electron chi connectivity index (χ4n) is 3.56. The Morgan fingerprint density at radius 2 is 2.14 bits per heavy atom. The number of rotatable bonds is 2. The monoisotopic (exact) mass is 289 g/mol. The van der Waals surface area contributed by atoms with Crippen LogP contribution in [0, 0.1) is 12.8 Å². The minimum atomic E-state index is -0.421. The lowest BCUT2D eigenvalue weighted by Crippen LogP contribution is -2.37. The average Bonchev–Trinajstić information content (AvgIpc) is 2.94. The van der Waals surface area contributed by atoms with Gasteiger partial charge in [-0.1, -0.05) is 0 Å². The van der Waals surface area contributed by atoms with E-state index < -0.39 is 5.60 Å². The van der Waals surface area contributed by atoms with Crippen LogP contribution in [-0.2, 0) is 9.53 Å². The molecule has 0 saturated carbocycles. The molecule has 0 aliphatic carbocycles. The Labute approximate surface area is 125 Å². The van der Waals surface area contributed by atoms with Crippen molar-refractivity contribution in [2.45, 2.75) is 64.6 Å². The Morgan fingerprint density at radius 1 is 1.38 bits per heavy atom. The molecule has 2 fully saturated rings. The second kappa shape index (κ2) is 4.97. The second-order valence-electron chi connectivity index (χ2n) is 7.04. The Balaban J connectivity index is 1.80. The quantitative estimate of drug-likeness (QED) is 0.783. The predicted octanol–water partition coefficient (Wildman–Crippen LogP) is 2.48. The minimum absolute atomic E-state index is 0.0294. The molecule has 0 radical (unpaired) electrons. The first kappa shape index (κ1) is 14.3. The Bertz CT molecular complexity index is 553. The molecule has 1 aromatic heterocycles. The SMILES string of the molecule is Cc1nccc(N2[C@H]3CC[C@H]2[C@@H](C(=O)OC(C)(C)C)C3)n1. The van der Waals surface area contributed by atoms with Gasteiger partial charge in [0.1, 0.15) is 17.2 Å². The fraction of sp³-hybridized carbons (Fsp3) is 0.688. The molecular formula is C16H23N3O2. The van der Waals surface area contributed by atoms with Crippen LogP contribution in [0.4, 0.5) is 5.82 Å². The number of carbonyl (C=O) groups is 1. The van der Waals surface area contributed by atoms with Gasteiger partial charge in [-0.05, 0) is 53.0 Å². The van der Waals surface area contributed by atoms with Crippen molar-refractivity contribution in [3.8, 4) is 0 Å². The van der Waals surface area contributed by atoms with Gasteiger partial charge in [0.25, 0.3) is 0 Å². The van der Waals surface area contributed by atoms with Gasteiger partial charge in [-0.25, -0.2) is 9.97 Å². The molecule has 2 saturated heterocycles. The molecule has 0 unspecified atom stereocenters. The summed E-state index contributed by atoms with van der Waals surface area (Å²) >= 11 is 0. The highest BCUT2D eigenvalue weighted by atomic mass is 16.6. The maximum Gasteiger partial charge on any atom is 0.311 e. The maximum absolute atomic E-state index is 12.4. The Kier molecular flexibility index (Phi) is 3.38. The number of nitrogens with zero attached hydrogens (tertiary/aromatic N) is 3. The van der Waals surface area contributed by atoms with E-state index in [2.05, 4.69) is 14.9 Å². The van der Waals surface area contributed by atoms with Crippen LogP contribution in [0.3, 0.4) is 0 Å². The number of aryl methyl sites for hydroxylation is 1. The molecule has 1 aromatic rings. The third-order valence-corrected chi connectivity index (χ3v) is 4.27. The summed E-state index contributed by atoms with van der Waals surface area (Å²) < 4.78 is 5.58. The largest absolute Gasteiger partial charge is 0.460 e. The van der Waals surface area contributed by atoms with Gasteiger partial charge in [-0.2, -0.15) is 0 Å². The van der Waals surface area contributed by atoms with Crippen LogP contribution >= 0.6 is 0 Å². The van der Waals surface area contributed by atoms with Crippen LogP contribution in [0.25, 0.3) is 0 Å². The van der Waals surface area contributed by atoms with E-state index in [4.69, 9.17) is 4.74 Å². The van der Waals surface area contributed by atoms with Crippen LogP contribution < -0.4 is 4.90 Å². The molecule has 5 heteroatoms. The van der Waals surface area contributed by atoms with Gasteiger partial charge in [-0.15, -0.1) is 0 Å². The van der Waals surface area contributed by atoms with Crippen LogP contribution in [-0.4, -0.2) is 33.6 Å². The number of aromatic nitrogens is 2. The molecule has 3 heterocycles. The molecule has 2 aliphatic heterocycles. The van der Waals surface area contributed by atoms with Crippen molar-refractivity contribution in [1.82, 2.24) is 9.97 Å². The van der Waals surface area contributed by atoms with Gasteiger partial charge in [0.05, 0.1) is 5.92 Å². The van der Waals surface area contributed by atoms with Crippen molar-refractivity contribution in [3.05, 3.63) is 18.1 Å². The zero-order valence-corrected chi connectivity index (χ0v) is 13.2. The van der Waals surface area contributed by atoms with E-state index in [9.17, 15) is 4.79 Å². The van der Waals surface area contributed by atoms with Crippen molar-refractivity contribution in [2.75, 3.05) is 4.90 Å². The number of ether oxygens (including phenoxy) is 1. The molecule has 21 heavy (non-hydrogen) atoms. The van der Waals surface area contributed by atoms with Gasteiger partial charge in [0.2, 0.25) is 0 Å². The zero-order valence-electron chi connectivity index (χ0n) is 13.2. The number of hydrogen-bond acceptors (Lipinski definition) is 5. The van der Waals surface area contributed by atoms with Crippen LogP contribution in [0.2, 0.25) is 0 Å². The minimum Gasteiger partial charge on any atom is -0.460 e. The summed E-state index contributed by atoms with van der Waals surface area (Å²) in [4.78, 5) is 23.4. The first-order chi connectivity index (χ1) is 9.85. The average molecular weight is 289 g/mol. The molecule has 0 aromatic carbocycles. The summed E-state index contributed by atoms with van der Waals surface area (Å²) in [6.45, 7) is 7.66. The third kappa shape index (κ3) is 2.74. The summed E-state index contributed by atoms with van der Waals surface area (Å²) in [5, 5.41) is 0. The highest BCUT2D eigenvalue weighted by Crippen LogP contribution is 2.44. The van der Waals surface area contributed by atoms with Crippen LogP contribution in [0.15, 0.2) is 12.3 Å². The molecule has 0 spiro atoms. The molecule has 3 rings (SSSR count). The zero-order chi connectivity index (χ0) is 15.2. The lowest BCUT2D eigenvalue weighted by Gasteiger charge is -2.27. The van der Waals surface area contributed by atoms with Crippen molar-refractivity contribution in [3.63, 3.8) is 0 Å². The van der Waals surface area contributed by atoms with Gasteiger partial charge < -0.3 is 9.64 Å². The number of esters is 1. The van der Waals surface area contributed by atoms with E-state index in [-0.39, 0.29) is 17.9 Å². The van der Waals surface area contributed by atoms with E-state index in [0.29, 0.717) is 6.04 Å². The first-order valence-corrected chi connectivity index (χ1v) is 7.66. The summed E-state index contributed by atoms with van der Waals surface area (Å²) in [6.07, 6.45) is 4.84. The number of anilines is 1. The predicted molar refractivity (Wildman–Crippen MR) is 80.0 cm³/mol. The molecule has 2 bridgehead atoms. The normalized spacial score (nSPS) is 28.0. The number of hydrogen-bond donors (Lipinski definition) is 0. The fourth-order valence-corrected chi connectivity index (χ4v) is 3.56. The van der Waals surface area contributed by atoms with Gasteiger partial charge >= 0.3 is 5.97 Å². The third-order valence-electron chi connectivity index (χ3n) is 4.27. The topological polar surface area (TPSA) is 55.3 Å². The van der Waals surface area contributed by atoms with E-state index in [0.717, 1.165) is 30.9 Å². The molecule has 2 aliphatic rings. The van der Waals surface area contributed by atoms with Crippen molar-refractivity contribution >= 4 is 11.8 Å². The van der Waals surface area contributed by atoms with E-state index in [1.54, 1.807) is 6.20 Å². The van der Waals surface area contributed by atoms with Crippen LogP contribution in [0.5, 0.6) is 0 Å². The lowest BCUT2D eigenvalue weighted by molar-refractivity contribution is -0.160. The maximum atomic E-state index is 12.4. The number of carbonyl (C=O) groups excluding carboxylic acids is 1. The molecule has 0 amide bonds. The molecule has 0 N–H and O–H groups in total. The highest BCUT2D eigenvalue weighted by molar-refractivity contribution is 5.76. The second-order valence-corrected chi connectivity index (χ2v) is 7.04. The van der Waals surface area contributed by atoms with Gasteiger partial charge in [-0.3, -0.25) is 4.79 Å². The highest BCUT2D eigenvalue weighted by Gasteiger charge is 2.50. The van der Waals surface area contributed by atoms with E-state index in [1.807, 2.05) is 33.8 Å². The molecule has 3 atom stereocenters. The van der Waals surface area contributed by atoms with E-state index in [1.165, 1.54) is 0 Å². The summed E-state index contributed by atoms with van der Waals surface area (Å²) in [7, 11) is 0. The van der Waals surface area contributed by atoms with E-state index >= 15 is 0 Å². The van der Waals surface area contributed by atoms with Crippen molar-refractivity contribution < 1.29 is 9.53 Å². The van der Waals surface area contributed by atoms with Crippen molar-refractivity contribution in [1.29, 1.82) is 0 Å². The summed E-state index contributed by atoms with van der Waals surface area (Å²) in [5.74, 6) is 1.62. The Hall–Kier alpha value is -1.65. The molecular weight excluding hydrogens is 266 g/mol. The summed E-state index contributed by atoms with van der Waals surface area (Å²) in [5.41, 5.74) is -0.421. The Morgan fingerprint density at radius 3 is 2.81 bits per heavy atom. The van der Waals surface area contributed by atoms with Crippen molar-refractivity contribution in [2.24, 2.45) is 5.92 Å². The first-order valence-electron chi connectivity index (χ1n) is 7.66. The summed E-state index contributed by atoms with van der Waals surface area (Å²) in [6, 6.07) is 2.57. The van der Waals surface area contributed by atoms with Crippen LogP contribution in [0.1, 0.15) is 45.9 Å². The smallest absolute Gasteiger partial charge is 0.311 e. The van der Waals surface area contributed by atoms with Gasteiger partial charge in [0, 0.05) is 18.3 Å². The lowest BCUT2D eigenvalue weighted by atomic mass is 9.89. The standard InChI is InChI=1S/C16H23N3O2/c1-10-17-8-7-14(18-10)19-11-5-6-13(19)12(9-11)15(20)21-16(2,3)4/h7-8,11-13H,5-6,9H2,1-4H3/t11-,12-,13-/m0/s1. The molecule has 5 nitrogen and oxygen atoms in total.